The quantitative estimate of drug-likeness (QED) is 0.644. The second-order valence-corrected chi connectivity index (χ2v) is 9.52. The second kappa shape index (κ2) is 4.64. The highest BCUT2D eigenvalue weighted by Gasteiger charge is 2.74. The molecule has 7 unspecified atom stereocenters. The molecule has 4 fully saturated rings. The minimum Gasteiger partial charge on any atom is -0.481 e. The molecule has 0 heterocycles. The van der Waals surface area contributed by atoms with Crippen LogP contribution in [0.15, 0.2) is 12.2 Å². The number of rotatable bonds is 1. The largest absolute Gasteiger partial charge is 0.481 e. The van der Waals surface area contributed by atoms with Crippen molar-refractivity contribution in [2.24, 2.45) is 28.1 Å². The van der Waals surface area contributed by atoms with E-state index in [0.29, 0.717) is 25.2 Å². The van der Waals surface area contributed by atoms with E-state index in [1.54, 1.807) is 0 Å². The van der Waals surface area contributed by atoms with Crippen molar-refractivity contribution in [3.63, 3.8) is 0 Å². The van der Waals surface area contributed by atoms with Gasteiger partial charge in [0.15, 0.2) is 0 Å². The summed E-state index contributed by atoms with van der Waals surface area (Å²) < 4.78 is 0. The van der Waals surface area contributed by atoms with E-state index in [4.69, 9.17) is 0 Å². The Labute approximate surface area is 144 Å². The third-order valence-corrected chi connectivity index (χ3v) is 8.93. The van der Waals surface area contributed by atoms with Crippen LogP contribution in [0.25, 0.3) is 0 Å². The third-order valence-electron chi connectivity index (χ3n) is 8.93. The highest BCUT2D eigenvalue weighted by molar-refractivity contribution is 5.75. The lowest BCUT2D eigenvalue weighted by Crippen LogP contribution is -2.70. The summed E-state index contributed by atoms with van der Waals surface area (Å²) in [4.78, 5) is 12.1. The molecule has 0 aromatic heterocycles. The zero-order valence-electron chi connectivity index (χ0n) is 14.8. The molecule has 4 nitrogen and oxygen atoms in total. The van der Waals surface area contributed by atoms with Gasteiger partial charge in [0, 0.05) is 10.8 Å². The average molecular weight is 334 g/mol. The first-order valence-electron chi connectivity index (χ1n) is 9.45. The first kappa shape index (κ1) is 16.6. The molecule has 24 heavy (non-hydrogen) atoms. The molecule has 4 saturated carbocycles. The van der Waals surface area contributed by atoms with Crippen LogP contribution in [0.1, 0.15) is 65.2 Å². The maximum Gasteiger partial charge on any atom is 0.309 e. The van der Waals surface area contributed by atoms with Crippen molar-refractivity contribution in [3.05, 3.63) is 12.2 Å². The van der Waals surface area contributed by atoms with Gasteiger partial charge in [0.2, 0.25) is 0 Å². The Balaban J connectivity index is 1.85. The van der Waals surface area contributed by atoms with E-state index < -0.39 is 33.9 Å². The number of hydrogen-bond donors (Lipinski definition) is 3. The summed E-state index contributed by atoms with van der Waals surface area (Å²) in [5.41, 5.74) is -1.84. The molecule has 0 radical (unpaired) electrons. The molecule has 3 N–H and O–H groups in total. The van der Waals surface area contributed by atoms with Crippen molar-refractivity contribution >= 4 is 5.97 Å². The summed E-state index contributed by atoms with van der Waals surface area (Å²) >= 11 is 0. The van der Waals surface area contributed by atoms with Gasteiger partial charge in [0.25, 0.3) is 0 Å². The number of fused-ring (bicyclic) bond motifs is 3. The van der Waals surface area contributed by atoms with E-state index in [1.165, 1.54) is 0 Å². The fraction of sp³-hybridized carbons (Fsp3) is 0.850. The van der Waals surface area contributed by atoms with Crippen LogP contribution in [0, 0.1) is 28.1 Å². The Morgan fingerprint density at radius 2 is 1.88 bits per heavy atom. The molecule has 0 aliphatic heterocycles. The molecule has 0 amide bonds. The zero-order chi connectivity index (χ0) is 17.5. The molecule has 4 rings (SSSR count). The normalized spacial score (nSPS) is 56.5. The summed E-state index contributed by atoms with van der Waals surface area (Å²) in [5.74, 6) is -0.456. The van der Waals surface area contributed by atoms with Crippen LogP contribution in [-0.4, -0.2) is 33.0 Å². The van der Waals surface area contributed by atoms with Crippen molar-refractivity contribution in [2.75, 3.05) is 0 Å². The fourth-order valence-corrected chi connectivity index (χ4v) is 7.54. The van der Waals surface area contributed by atoms with Gasteiger partial charge in [-0.3, -0.25) is 4.79 Å². The highest BCUT2D eigenvalue weighted by Crippen LogP contribution is 2.73. The summed E-state index contributed by atoms with van der Waals surface area (Å²) in [5, 5.41) is 32.9. The van der Waals surface area contributed by atoms with E-state index in [0.717, 1.165) is 37.7 Å². The topological polar surface area (TPSA) is 77.8 Å². The Morgan fingerprint density at radius 1 is 1.17 bits per heavy atom. The van der Waals surface area contributed by atoms with Crippen molar-refractivity contribution < 1.29 is 20.1 Å². The van der Waals surface area contributed by atoms with Gasteiger partial charge in [-0.05, 0) is 69.3 Å². The lowest BCUT2D eigenvalue weighted by Gasteiger charge is -2.68. The molecular weight excluding hydrogens is 304 g/mol. The molecule has 0 aromatic rings. The Kier molecular flexibility index (Phi) is 3.21. The first-order chi connectivity index (χ1) is 11.1. The van der Waals surface area contributed by atoms with Crippen LogP contribution in [0.3, 0.4) is 0 Å². The van der Waals surface area contributed by atoms with Crippen LogP contribution in [0.2, 0.25) is 0 Å². The highest BCUT2D eigenvalue weighted by atomic mass is 16.4. The van der Waals surface area contributed by atoms with Crippen molar-refractivity contribution in [1.29, 1.82) is 0 Å². The summed E-state index contributed by atoms with van der Waals surface area (Å²) in [7, 11) is 0. The second-order valence-electron chi connectivity index (χ2n) is 9.52. The Morgan fingerprint density at radius 3 is 2.54 bits per heavy atom. The Bertz CT molecular complexity index is 615. The molecule has 4 aliphatic rings. The van der Waals surface area contributed by atoms with Crippen molar-refractivity contribution in [3.8, 4) is 0 Å². The number of aliphatic hydroxyl groups is 2. The molecule has 0 aromatic carbocycles. The van der Waals surface area contributed by atoms with Crippen LogP contribution in [0.4, 0.5) is 0 Å². The van der Waals surface area contributed by atoms with E-state index >= 15 is 0 Å². The summed E-state index contributed by atoms with van der Waals surface area (Å²) in [6, 6.07) is 0. The van der Waals surface area contributed by atoms with Gasteiger partial charge >= 0.3 is 5.97 Å². The minimum atomic E-state index is -0.991. The maximum absolute atomic E-state index is 12.1. The molecule has 0 saturated heterocycles. The van der Waals surface area contributed by atoms with E-state index in [-0.39, 0.29) is 5.92 Å². The predicted octanol–water partition coefficient (Wildman–Crippen LogP) is 3.13. The minimum absolute atomic E-state index is 0.0375. The Hall–Kier alpha value is -0.870. The van der Waals surface area contributed by atoms with E-state index in [2.05, 4.69) is 13.5 Å². The van der Waals surface area contributed by atoms with Crippen LogP contribution in [-0.2, 0) is 4.79 Å². The average Bonchev–Trinajstić information content (AvgIpc) is 2.73. The molecule has 4 aliphatic carbocycles. The zero-order valence-corrected chi connectivity index (χ0v) is 14.8. The monoisotopic (exact) mass is 334 g/mol. The molecular formula is C20H30O4. The summed E-state index contributed by atoms with van der Waals surface area (Å²) in [6.07, 6.45) is 5.54. The van der Waals surface area contributed by atoms with Crippen molar-refractivity contribution in [2.45, 2.75) is 76.9 Å². The number of aliphatic hydroxyl groups excluding tert-OH is 1. The SMILES string of the molecule is C=C1C2CCC3(O)C4(C)CCCC(C)(C(=O)O)C4CCC3(C2)C1O. The molecule has 2 bridgehead atoms. The molecule has 7 atom stereocenters. The lowest BCUT2D eigenvalue weighted by atomic mass is 9.38. The number of carboxylic acid groups (broad SMARTS) is 1. The van der Waals surface area contributed by atoms with Gasteiger partial charge in [-0.15, -0.1) is 0 Å². The van der Waals surface area contributed by atoms with Crippen LogP contribution in [0.5, 0.6) is 0 Å². The maximum atomic E-state index is 12.1. The third kappa shape index (κ3) is 1.56. The smallest absolute Gasteiger partial charge is 0.309 e. The van der Waals surface area contributed by atoms with Gasteiger partial charge in [-0.2, -0.15) is 0 Å². The number of hydrogen-bond acceptors (Lipinski definition) is 3. The van der Waals surface area contributed by atoms with E-state index in [9.17, 15) is 20.1 Å². The molecule has 4 heteroatoms. The first-order valence-corrected chi connectivity index (χ1v) is 9.45. The molecule has 134 valence electrons. The standard InChI is InChI=1S/C20H30O4/c1-12-13-5-10-20(24)18(3)8-4-7-17(2,16(22)23)14(18)6-9-19(20,11-13)15(12)21/h13-15,21,24H,1,4-11H2,2-3H3,(H,22,23). The van der Waals surface area contributed by atoms with Crippen LogP contribution < -0.4 is 0 Å². The lowest BCUT2D eigenvalue weighted by molar-refractivity contribution is -0.277. The van der Waals surface area contributed by atoms with Gasteiger partial charge < -0.3 is 15.3 Å². The van der Waals surface area contributed by atoms with E-state index in [1.807, 2.05) is 6.92 Å². The number of carboxylic acids is 1. The molecule has 1 spiro atoms. The van der Waals surface area contributed by atoms with Gasteiger partial charge in [-0.1, -0.05) is 19.9 Å². The predicted molar refractivity (Wildman–Crippen MR) is 90.3 cm³/mol. The number of carbonyl (C=O) groups is 1. The van der Waals surface area contributed by atoms with Crippen molar-refractivity contribution in [1.82, 2.24) is 0 Å². The van der Waals surface area contributed by atoms with Gasteiger partial charge in [0.1, 0.15) is 0 Å². The summed E-state index contributed by atoms with van der Waals surface area (Å²) in [6.45, 7) is 8.10. The fourth-order valence-electron chi connectivity index (χ4n) is 7.54. The van der Waals surface area contributed by atoms with Crippen LogP contribution >= 0.6 is 0 Å². The van der Waals surface area contributed by atoms with Gasteiger partial charge in [0.05, 0.1) is 17.1 Å². The number of aliphatic carboxylic acids is 1. The van der Waals surface area contributed by atoms with Gasteiger partial charge in [-0.25, -0.2) is 0 Å².